The molecule has 0 bridgehead atoms. The number of carbonyl (C=O) groups excluding carboxylic acids is 1. The maximum atomic E-state index is 12.2. The molecule has 28 heavy (non-hydrogen) atoms. The highest BCUT2D eigenvalue weighted by Crippen LogP contribution is 2.38. The number of aliphatic imine (C=N–C) groups is 1. The maximum Gasteiger partial charge on any atom is 0.248 e. The fourth-order valence-electron chi connectivity index (χ4n) is 3.67. The van der Waals surface area contributed by atoms with Crippen molar-refractivity contribution in [2.75, 3.05) is 39.9 Å². The maximum absolute atomic E-state index is 12.2. The second-order valence-corrected chi connectivity index (χ2v) is 7.16. The number of amides is 1. The van der Waals surface area contributed by atoms with Crippen LogP contribution in [0.2, 0.25) is 0 Å². The summed E-state index contributed by atoms with van der Waals surface area (Å²) in [6.07, 6.45) is 0.887. The van der Waals surface area contributed by atoms with Gasteiger partial charge in [-0.05, 0) is 37.6 Å². The van der Waals surface area contributed by atoms with Gasteiger partial charge in [-0.25, -0.2) is 4.99 Å². The Morgan fingerprint density at radius 1 is 1.11 bits per heavy atom. The molecule has 0 spiro atoms. The van der Waals surface area contributed by atoms with Gasteiger partial charge in [-0.3, -0.25) is 4.79 Å². The number of rotatable bonds is 2. The number of hydrogen-bond acceptors (Lipinski definition) is 5. The van der Waals surface area contributed by atoms with E-state index < -0.39 is 0 Å². The summed E-state index contributed by atoms with van der Waals surface area (Å²) in [5.74, 6) is 2.52. The van der Waals surface area contributed by atoms with Crippen LogP contribution in [0.15, 0.2) is 47.5 Å². The van der Waals surface area contributed by atoms with Crippen LogP contribution in [0.3, 0.4) is 0 Å². The van der Waals surface area contributed by atoms with Crippen LogP contribution in [0.1, 0.15) is 17.5 Å². The largest absolute Gasteiger partial charge is 0.454 e. The first-order valence-electron chi connectivity index (χ1n) is 9.64. The lowest BCUT2D eigenvalue weighted by Gasteiger charge is -2.25. The summed E-state index contributed by atoms with van der Waals surface area (Å²) in [6, 6.07) is 14.0. The van der Waals surface area contributed by atoms with Crippen molar-refractivity contribution in [3.05, 3.63) is 53.6 Å². The van der Waals surface area contributed by atoms with Crippen LogP contribution in [0.5, 0.6) is 11.5 Å². The van der Waals surface area contributed by atoms with Gasteiger partial charge in [-0.15, -0.1) is 0 Å². The molecule has 4 rings (SSSR count). The zero-order valence-electron chi connectivity index (χ0n) is 16.4. The molecule has 6 nitrogen and oxygen atoms in total. The van der Waals surface area contributed by atoms with Gasteiger partial charge in [0, 0.05) is 33.3 Å². The first kappa shape index (κ1) is 18.5. The van der Waals surface area contributed by atoms with Crippen molar-refractivity contribution in [3.8, 4) is 11.5 Å². The Morgan fingerprint density at radius 2 is 1.96 bits per heavy atom. The minimum atomic E-state index is 0.0390. The van der Waals surface area contributed by atoms with Gasteiger partial charge < -0.3 is 19.3 Å². The highest BCUT2D eigenvalue weighted by molar-refractivity contribution is 6.04. The van der Waals surface area contributed by atoms with E-state index in [1.807, 2.05) is 35.2 Å². The molecule has 1 fully saturated rings. The average molecular weight is 379 g/mol. The quantitative estimate of drug-likeness (QED) is 0.803. The van der Waals surface area contributed by atoms with Crippen molar-refractivity contribution >= 4 is 17.4 Å². The van der Waals surface area contributed by atoms with Crippen molar-refractivity contribution in [2.24, 2.45) is 4.99 Å². The number of methoxy groups -OCH3 is 1. The zero-order valence-corrected chi connectivity index (χ0v) is 16.4. The van der Waals surface area contributed by atoms with Crippen LogP contribution < -0.4 is 4.74 Å². The van der Waals surface area contributed by atoms with E-state index in [2.05, 4.69) is 24.0 Å². The molecule has 0 unspecified atom stereocenters. The van der Waals surface area contributed by atoms with Crippen molar-refractivity contribution in [1.29, 1.82) is 0 Å². The van der Waals surface area contributed by atoms with Crippen LogP contribution >= 0.6 is 0 Å². The Hall–Kier alpha value is -2.86. The van der Waals surface area contributed by atoms with Crippen LogP contribution in [0, 0.1) is 6.92 Å². The molecule has 2 aliphatic heterocycles. The van der Waals surface area contributed by atoms with Crippen LogP contribution in [0.4, 0.5) is 5.69 Å². The number of ether oxygens (including phenoxy) is 2. The van der Waals surface area contributed by atoms with E-state index >= 15 is 0 Å². The standard InChI is InChI=1S/C22H25N3O3/c1-16-8-9-19-17(14-16)22(23-18-6-3-4-7-20(18)28-19)25-11-5-10-24(12-13-25)21(26)15-27-2/h3-4,6-9,14H,5,10-13,15H2,1-2H3. The molecule has 1 amide bonds. The summed E-state index contributed by atoms with van der Waals surface area (Å²) in [5, 5.41) is 0. The monoisotopic (exact) mass is 379 g/mol. The fourth-order valence-corrected chi connectivity index (χ4v) is 3.67. The van der Waals surface area contributed by atoms with Gasteiger partial charge in [0.15, 0.2) is 5.75 Å². The van der Waals surface area contributed by atoms with Crippen molar-refractivity contribution in [1.82, 2.24) is 9.80 Å². The Balaban J connectivity index is 1.68. The molecule has 2 aliphatic rings. The predicted octanol–water partition coefficient (Wildman–Crippen LogP) is 3.36. The summed E-state index contributed by atoms with van der Waals surface area (Å²) in [6.45, 7) is 5.16. The molecule has 2 aromatic carbocycles. The van der Waals surface area contributed by atoms with E-state index in [1.54, 1.807) is 7.11 Å². The Morgan fingerprint density at radius 3 is 2.82 bits per heavy atom. The topological polar surface area (TPSA) is 54.4 Å². The van der Waals surface area contributed by atoms with Crippen LogP contribution in [-0.2, 0) is 9.53 Å². The first-order chi connectivity index (χ1) is 13.7. The van der Waals surface area contributed by atoms with E-state index in [0.29, 0.717) is 6.54 Å². The van der Waals surface area contributed by atoms with E-state index in [4.69, 9.17) is 14.5 Å². The van der Waals surface area contributed by atoms with Gasteiger partial charge in [0.25, 0.3) is 0 Å². The highest BCUT2D eigenvalue weighted by Gasteiger charge is 2.26. The highest BCUT2D eigenvalue weighted by atomic mass is 16.5. The third-order valence-electron chi connectivity index (χ3n) is 5.10. The van der Waals surface area contributed by atoms with Gasteiger partial charge in [0.2, 0.25) is 5.91 Å². The van der Waals surface area contributed by atoms with Gasteiger partial charge in [-0.2, -0.15) is 0 Å². The van der Waals surface area contributed by atoms with Crippen molar-refractivity contribution < 1.29 is 14.3 Å². The molecule has 2 heterocycles. The third-order valence-corrected chi connectivity index (χ3v) is 5.10. The molecule has 0 aliphatic carbocycles. The number of aryl methyl sites for hydroxylation is 1. The lowest BCUT2D eigenvalue weighted by atomic mass is 10.1. The SMILES string of the molecule is COCC(=O)N1CCCN(C2=Nc3ccccc3Oc3ccc(C)cc32)CC1. The summed E-state index contributed by atoms with van der Waals surface area (Å²) in [4.78, 5) is 21.4. The summed E-state index contributed by atoms with van der Waals surface area (Å²) >= 11 is 0. The van der Waals surface area contributed by atoms with E-state index in [9.17, 15) is 4.79 Å². The second-order valence-electron chi connectivity index (χ2n) is 7.16. The molecular weight excluding hydrogens is 354 g/mol. The smallest absolute Gasteiger partial charge is 0.248 e. The average Bonchev–Trinajstić information content (AvgIpc) is 3.03. The summed E-state index contributed by atoms with van der Waals surface area (Å²) in [7, 11) is 1.55. The normalized spacial score (nSPS) is 16.3. The molecule has 0 radical (unpaired) electrons. The number of hydrogen-bond donors (Lipinski definition) is 0. The van der Waals surface area contributed by atoms with E-state index in [1.165, 1.54) is 0 Å². The number of benzene rings is 2. The minimum absolute atomic E-state index is 0.0390. The lowest BCUT2D eigenvalue weighted by molar-refractivity contribution is -0.134. The molecule has 6 heteroatoms. The Bertz CT molecular complexity index is 910. The van der Waals surface area contributed by atoms with Gasteiger partial charge >= 0.3 is 0 Å². The minimum Gasteiger partial charge on any atom is -0.454 e. The predicted molar refractivity (Wildman–Crippen MR) is 109 cm³/mol. The zero-order chi connectivity index (χ0) is 19.5. The number of carbonyl (C=O) groups is 1. The summed E-state index contributed by atoms with van der Waals surface area (Å²) in [5.41, 5.74) is 2.98. The second kappa shape index (κ2) is 8.02. The van der Waals surface area contributed by atoms with Gasteiger partial charge in [0.1, 0.15) is 23.9 Å². The fraction of sp³-hybridized carbons (Fsp3) is 0.364. The molecule has 0 aromatic heterocycles. The molecular formula is C22H25N3O3. The van der Waals surface area contributed by atoms with Crippen molar-refractivity contribution in [3.63, 3.8) is 0 Å². The number of amidine groups is 1. The number of para-hydroxylation sites is 2. The van der Waals surface area contributed by atoms with Crippen LogP contribution in [0.25, 0.3) is 0 Å². The van der Waals surface area contributed by atoms with Gasteiger partial charge in [-0.1, -0.05) is 23.8 Å². The molecule has 0 N–H and O–H groups in total. The Kier molecular flexibility index (Phi) is 5.30. The number of nitrogens with zero attached hydrogens (tertiary/aromatic N) is 3. The molecule has 0 saturated carbocycles. The van der Waals surface area contributed by atoms with E-state index in [-0.39, 0.29) is 12.5 Å². The Labute approximate surface area is 165 Å². The molecule has 0 atom stereocenters. The van der Waals surface area contributed by atoms with Crippen molar-refractivity contribution in [2.45, 2.75) is 13.3 Å². The number of fused-ring (bicyclic) bond motifs is 2. The summed E-state index contributed by atoms with van der Waals surface area (Å²) < 4.78 is 11.2. The van der Waals surface area contributed by atoms with E-state index in [0.717, 1.165) is 60.2 Å². The van der Waals surface area contributed by atoms with Crippen LogP contribution in [-0.4, -0.2) is 61.4 Å². The third kappa shape index (κ3) is 3.73. The molecule has 2 aromatic rings. The molecule has 1 saturated heterocycles. The lowest BCUT2D eigenvalue weighted by Crippen LogP contribution is -2.39. The van der Waals surface area contributed by atoms with Gasteiger partial charge in [0.05, 0.1) is 5.56 Å². The first-order valence-corrected chi connectivity index (χ1v) is 9.64. The molecule has 146 valence electrons.